The van der Waals surface area contributed by atoms with Gasteiger partial charge in [-0.05, 0) is 38.5 Å². The van der Waals surface area contributed by atoms with E-state index in [1.807, 2.05) is 6.92 Å². The van der Waals surface area contributed by atoms with Gasteiger partial charge in [-0.3, -0.25) is 9.59 Å². The Morgan fingerprint density at radius 3 is 2.85 bits per heavy atom. The number of rotatable bonds is 6. The molecule has 0 saturated heterocycles. The van der Waals surface area contributed by atoms with Crippen molar-refractivity contribution in [2.75, 3.05) is 6.54 Å². The molecule has 136 valence electrons. The topological polar surface area (TPSA) is 110 Å². The Hall–Kier alpha value is -3.16. The van der Waals surface area contributed by atoms with Gasteiger partial charge in [0.2, 0.25) is 5.91 Å². The van der Waals surface area contributed by atoms with Crippen molar-refractivity contribution in [2.45, 2.75) is 33.2 Å². The van der Waals surface area contributed by atoms with Gasteiger partial charge < -0.3 is 19.6 Å². The van der Waals surface area contributed by atoms with E-state index >= 15 is 0 Å². The summed E-state index contributed by atoms with van der Waals surface area (Å²) in [6.45, 7) is 5.89. The molecule has 8 nitrogen and oxygen atoms in total. The maximum Gasteiger partial charge on any atom is 0.259 e. The predicted octanol–water partition coefficient (Wildman–Crippen LogP) is 2.44. The van der Waals surface area contributed by atoms with Gasteiger partial charge in [-0.15, -0.1) is 0 Å². The van der Waals surface area contributed by atoms with Crippen molar-refractivity contribution in [1.29, 1.82) is 0 Å². The molecule has 1 atom stereocenters. The molecule has 0 aromatic carbocycles. The van der Waals surface area contributed by atoms with Crippen LogP contribution in [0.1, 0.15) is 36.3 Å². The molecule has 0 bridgehead atoms. The third-order valence-electron chi connectivity index (χ3n) is 3.93. The lowest BCUT2D eigenvalue weighted by Crippen LogP contribution is -2.45. The van der Waals surface area contributed by atoms with Crippen LogP contribution >= 0.6 is 0 Å². The van der Waals surface area contributed by atoms with Crippen molar-refractivity contribution in [3.8, 4) is 11.5 Å². The second kappa shape index (κ2) is 7.38. The number of pyridine rings is 1. The zero-order valence-electron chi connectivity index (χ0n) is 14.8. The van der Waals surface area contributed by atoms with Crippen LogP contribution in [0.2, 0.25) is 0 Å². The minimum absolute atomic E-state index is 0.237. The SMILES string of the molecule is CCCNC(=O)C(C)NC(=O)c1cc(-c2ccco2)nc2onc(C)c12. The largest absolute Gasteiger partial charge is 0.463 e. The average molecular weight is 356 g/mol. The quantitative estimate of drug-likeness (QED) is 0.702. The Labute approximate surface area is 149 Å². The van der Waals surface area contributed by atoms with Crippen LogP contribution in [-0.2, 0) is 4.79 Å². The number of hydrogen-bond donors (Lipinski definition) is 2. The Bertz CT molecular complexity index is 930. The lowest BCUT2D eigenvalue weighted by molar-refractivity contribution is -0.122. The van der Waals surface area contributed by atoms with E-state index in [9.17, 15) is 9.59 Å². The number of hydrogen-bond acceptors (Lipinski definition) is 6. The summed E-state index contributed by atoms with van der Waals surface area (Å²) in [7, 11) is 0. The average Bonchev–Trinajstić information content (AvgIpc) is 3.29. The van der Waals surface area contributed by atoms with Gasteiger partial charge in [0, 0.05) is 6.54 Å². The summed E-state index contributed by atoms with van der Waals surface area (Å²) in [5.41, 5.74) is 1.57. The van der Waals surface area contributed by atoms with Crippen LogP contribution in [0.25, 0.3) is 22.6 Å². The van der Waals surface area contributed by atoms with E-state index in [0.717, 1.165) is 6.42 Å². The fraction of sp³-hybridized carbons (Fsp3) is 0.333. The van der Waals surface area contributed by atoms with Gasteiger partial charge in [-0.2, -0.15) is 0 Å². The van der Waals surface area contributed by atoms with E-state index in [1.165, 1.54) is 6.26 Å². The Morgan fingerprint density at radius 2 is 2.15 bits per heavy atom. The molecule has 2 amide bonds. The summed E-state index contributed by atoms with van der Waals surface area (Å²) in [6.07, 6.45) is 2.34. The second-order valence-electron chi connectivity index (χ2n) is 5.97. The molecule has 2 N–H and O–H groups in total. The minimum atomic E-state index is -0.676. The molecule has 1 unspecified atom stereocenters. The number of fused-ring (bicyclic) bond motifs is 1. The summed E-state index contributed by atoms with van der Waals surface area (Å²) in [6, 6.07) is 4.40. The van der Waals surface area contributed by atoms with Gasteiger partial charge in [0.25, 0.3) is 11.6 Å². The van der Waals surface area contributed by atoms with Crippen molar-refractivity contribution >= 4 is 22.9 Å². The summed E-state index contributed by atoms with van der Waals surface area (Å²) < 4.78 is 10.6. The molecular formula is C18H20N4O4. The molecule has 3 aromatic rings. The first-order valence-corrected chi connectivity index (χ1v) is 8.40. The van der Waals surface area contributed by atoms with E-state index in [2.05, 4.69) is 20.8 Å². The second-order valence-corrected chi connectivity index (χ2v) is 5.97. The zero-order chi connectivity index (χ0) is 18.7. The molecule has 3 aromatic heterocycles. The van der Waals surface area contributed by atoms with Crippen molar-refractivity contribution < 1.29 is 18.5 Å². The van der Waals surface area contributed by atoms with Crippen LogP contribution in [0.15, 0.2) is 33.4 Å². The monoisotopic (exact) mass is 356 g/mol. The summed E-state index contributed by atoms with van der Waals surface area (Å²) in [4.78, 5) is 29.2. The van der Waals surface area contributed by atoms with Gasteiger partial charge in [-0.25, -0.2) is 4.98 Å². The highest BCUT2D eigenvalue weighted by Gasteiger charge is 2.23. The van der Waals surface area contributed by atoms with Crippen molar-refractivity contribution in [3.05, 3.63) is 35.7 Å². The van der Waals surface area contributed by atoms with Crippen LogP contribution in [-0.4, -0.2) is 34.5 Å². The van der Waals surface area contributed by atoms with Gasteiger partial charge >= 0.3 is 0 Å². The van der Waals surface area contributed by atoms with Crippen LogP contribution < -0.4 is 10.6 Å². The number of amides is 2. The molecule has 0 fully saturated rings. The molecule has 0 spiro atoms. The highest BCUT2D eigenvalue weighted by Crippen LogP contribution is 2.27. The summed E-state index contributed by atoms with van der Waals surface area (Å²) in [5, 5.41) is 9.86. The number of carbonyl (C=O) groups excluding carboxylic acids is 2. The summed E-state index contributed by atoms with van der Waals surface area (Å²) in [5.74, 6) is -0.141. The first-order valence-electron chi connectivity index (χ1n) is 8.40. The van der Waals surface area contributed by atoms with E-state index in [0.29, 0.717) is 34.6 Å². The van der Waals surface area contributed by atoms with Crippen molar-refractivity contribution in [3.63, 3.8) is 0 Å². The van der Waals surface area contributed by atoms with Gasteiger partial charge in [0.05, 0.1) is 22.9 Å². The highest BCUT2D eigenvalue weighted by atomic mass is 16.5. The standard InChI is InChI=1S/C18H20N4O4/c1-4-7-19-16(23)11(3)20-17(24)12-9-13(14-6-5-8-25-14)21-18-15(12)10(2)22-26-18/h5-6,8-9,11H,4,7H2,1-3H3,(H,19,23)(H,20,24). The number of carbonyl (C=O) groups is 2. The van der Waals surface area contributed by atoms with E-state index in [4.69, 9.17) is 8.94 Å². The lowest BCUT2D eigenvalue weighted by atomic mass is 10.1. The molecule has 0 aliphatic rings. The van der Waals surface area contributed by atoms with E-state index < -0.39 is 11.9 Å². The molecule has 3 heterocycles. The molecule has 3 rings (SSSR count). The Kier molecular flexibility index (Phi) is 5.01. The first-order chi connectivity index (χ1) is 12.5. The van der Waals surface area contributed by atoms with Gasteiger partial charge in [-0.1, -0.05) is 12.1 Å². The van der Waals surface area contributed by atoms with Crippen molar-refractivity contribution in [1.82, 2.24) is 20.8 Å². The molecule has 0 aliphatic heterocycles. The molecule has 0 saturated carbocycles. The first kappa shape index (κ1) is 17.7. The van der Waals surface area contributed by atoms with Crippen LogP contribution in [0.3, 0.4) is 0 Å². The number of aromatic nitrogens is 2. The molecule has 26 heavy (non-hydrogen) atoms. The van der Waals surface area contributed by atoms with Crippen LogP contribution in [0, 0.1) is 6.92 Å². The number of nitrogens with zero attached hydrogens (tertiary/aromatic N) is 2. The lowest BCUT2D eigenvalue weighted by Gasteiger charge is -2.14. The van der Waals surface area contributed by atoms with Crippen LogP contribution in [0.4, 0.5) is 0 Å². The third kappa shape index (κ3) is 3.44. The molecular weight excluding hydrogens is 336 g/mol. The fourth-order valence-corrected chi connectivity index (χ4v) is 2.57. The number of furan rings is 1. The Balaban J connectivity index is 1.94. The van der Waals surface area contributed by atoms with Crippen molar-refractivity contribution in [2.24, 2.45) is 0 Å². The molecule has 0 radical (unpaired) electrons. The molecule has 8 heteroatoms. The third-order valence-corrected chi connectivity index (χ3v) is 3.93. The van der Waals surface area contributed by atoms with Crippen LogP contribution in [0.5, 0.6) is 0 Å². The maximum atomic E-state index is 12.8. The predicted molar refractivity (Wildman–Crippen MR) is 94.5 cm³/mol. The Morgan fingerprint density at radius 1 is 1.35 bits per heavy atom. The fourth-order valence-electron chi connectivity index (χ4n) is 2.57. The smallest absolute Gasteiger partial charge is 0.259 e. The van der Waals surface area contributed by atoms with E-state index in [-0.39, 0.29) is 11.6 Å². The van der Waals surface area contributed by atoms with Gasteiger partial charge in [0.1, 0.15) is 11.7 Å². The van der Waals surface area contributed by atoms with E-state index in [1.54, 1.807) is 32.0 Å². The maximum absolute atomic E-state index is 12.8. The normalized spacial score (nSPS) is 12.1. The molecule has 0 aliphatic carbocycles. The highest BCUT2D eigenvalue weighted by molar-refractivity contribution is 6.08. The number of aryl methyl sites for hydroxylation is 1. The zero-order valence-corrected chi connectivity index (χ0v) is 14.8. The summed E-state index contributed by atoms with van der Waals surface area (Å²) >= 11 is 0. The van der Waals surface area contributed by atoms with Gasteiger partial charge in [0.15, 0.2) is 5.76 Å². The number of nitrogens with one attached hydrogen (secondary N) is 2. The minimum Gasteiger partial charge on any atom is -0.463 e.